The van der Waals surface area contributed by atoms with Gasteiger partial charge in [0.15, 0.2) is 0 Å². The fraction of sp³-hybridized carbons (Fsp3) is 0.514. The number of likely N-dealkylation sites (tertiary alicyclic amines) is 1. The topological polar surface area (TPSA) is 233 Å². The van der Waals surface area contributed by atoms with Crippen LogP contribution in [0.5, 0.6) is 5.88 Å². The van der Waals surface area contributed by atoms with Crippen molar-refractivity contribution in [2.24, 2.45) is 0 Å². The summed E-state index contributed by atoms with van der Waals surface area (Å²) >= 11 is 0. The minimum absolute atomic E-state index is 0.0311. The SMILES string of the molecule is N#CCC1(n2cc(-c3ncnc4[nH]ccc34)cn2)CN([C@H]2CC[C@@H](Oc3cc(CN4CCOCC4)cc(C(F)(F)F)n3)CC2)C1.O=C(O)C(F)(F)F.O=C(O)C(F)(F)F.O=C(O)C(F)(F)F. The summed E-state index contributed by atoms with van der Waals surface area (Å²) in [4.78, 5) is 46.8. The zero-order valence-electron chi connectivity index (χ0n) is 33.7. The number of carboxylic acids is 3. The van der Waals surface area contributed by atoms with Gasteiger partial charge in [-0.25, -0.2) is 29.3 Å². The van der Waals surface area contributed by atoms with E-state index < -0.39 is 53.8 Å². The van der Waals surface area contributed by atoms with E-state index in [0.29, 0.717) is 64.0 Å². The number of morpholine rings is 1. The predicted molar refractivity (Wildman–Crippen MR) is 198 cm³/mol. The van der Waals surface area contributed by atoms with Gasteiger partial charge in [-0.1, -0.05) is 0 Å². The smallest absolute Gasteiger partial charge is 0.475 e. The number of aliphatic carboxylic acids is 3. The van der Waals surface area contributed by atoms with E-state index in [1.54, 1.807) is 12.3 Å². The van der Waals surface area contributed by atoms with Gasteiger partial charge in [0, 0.05) is 68.2 Å². The number of ether oxygens (including phenoxy) is 2. The molecule has 6 heterocycles. The molecule has 0 unspecified atom stereocenters. The molecule has 0 aromatic carbocycles. The van der Waals surface area contributed by atoms with Crippen LogP contribution in [-0.4, -0.2) is 143 Å². The highest BCUT2D eigenvalue weighted by atomic mass is 19.4. The van der Waals surface area contributed by atoms with Crippen LogP contribution in [0, 0.1) is 11.3 Å². The molecule has 0 radical (unpaired) electrons. The van der Waals surface area contributed by atoms with E-state index in [0.717, 1.165) is 54.0 Å². The van der Waals surface area contributed by atoms with Gasteiger partial charge in [-0.2, -0.15) is 63.0 Å². The highest BCUT2D eigenvalue weighted by Crippen LogP contribution is 2.39. The molecule has 3 aliphatic rings. The van der Waals surface area contributed by atoms with E-state index in [1.165, 1.54) is 6.33 Å². The Kier molecular flexibility index (Phi) is 16.9. The lowest BCUT2D eigenvalue weighted by Gasteiger charge is -2.53. The Morgan fingerprint density at radius 2 is 1.42 bits per heavy atom. The van der Waals surface area contributed by atoms with Gasteiger partial charge in [0.2, 0.25) is 5.88 Å². The van der Waals surface area contributed by atoms with Crippen molar-refractivity contribution in [3.05, 3.63) is 54.4 Å². The van der Waals surface area contributed by atoms with Crippen LogP contribution in [0.15, 0.2) is 43.1 Å². The maximum Gasteiger partial charge on any atom is 0.490 e. The van der Waals surface area contributed by atoms with Crippen LogP contribution in [0.25, 0.3) is 22.3 Å². The fourth-order valence-corrected chi connectivity index (χ4v) is 6.83. The number of nitrogens with one attached hydrogen (secondary N) is 1. The van der Waals surface area contributed by atoms with Crippen molar-refractivity contribution in [3.8, 4) is 23.2 Å². The van der Waals surface area contributed by atoms with Crippen molar-refractivity contribution < 1.29 is 91.9 Å². The highest BCUT2D eigenvalue weighted by molar-refractivity contribution is 5.90. The van der Waals surface area contributed by atoms with Gasteiger partial charge in [0.1, 0.15) is 29.3 Å². The van der Waals surface area contributed by atoms with Crippen LogP contribution in [0.2, 0.25) is 0 Å². The van der Waals surface area contributed by atoms with Crippen LogP contribution in [0.4, 0.5) is 52.7 Å². The molecule has 66 heavy (non-hydrogen) atoms. The number of aromatic amines is 1. The van der Waals surface area contributed by atoms with E-state index in [2.05, 4.69) is 40.9 Å². The largest absolute Gasteiger partial charge is 0.490 e. The Hall–Kier alpha value is -6.28. The molecule has 4 aromatic heterocycles. The number of carboxylic acid groups (broad SMARTS) is 3. The lowest BCUT2D eigenvalue weighted by molar-refractivity contribution is -0.193. The van der Waals surface area contributed by atoms with Crippen LogP contribution in [0.1, 0.15) is 43.4 Å². The minimum atomic E-state index is -5.08. The molecule has 0 spiro atoms. The standard InChI is InChI=1S/C31H34F3N9O2.3C2HF3O2/c32-31(33,34)26-13-21(16-41-9-11-44-12-10-41)14-27(40-26)45-24-3-1-23(2-4-24)42-18-30(19-42,6-7-35)43-17-22(15-39-43)28-25-5-8-36-29(25)38-20-37-28;3*3-2(4,5)1(6)7/h5,8,13-15,17,20,23-24H,1-4,6,9-12,16,18-19H2,(H,36,37,38);3*(H,6,7)/t23-,24+;;;. The zero-order valence-corrected chi connectivity index (χ0v) is 33.7. The first-order valence-electron chi connectivity index (χ1n) is 19.0. The fourth-order valence-electron chi connectivity index (χ4n) is 6.83. The number of pyridine rings is 1. The van der Waals surface area contributed by atoms with Crippen LogP contribution < -0.4 is 4.74 Å². The third kappa shape index (κ3) is 14.6. The molecule has 4 aromatic rings. The number of halogens is 12. The third-order valence-corrected chi connectivity index (χ3v) is 9.94. The number of H-pyrrole nitrogens is 1. The second kappa shape index (κ2) is 21.4. The van der Waals surface area contributed by atoms with Gasteiger partial charge in [-0.15, -0.1) is 0 Å². The lowest BCUT2D eigenvalue weighted by atomic mass is 9.82. The molecule has 29 heteroatoms. The van der Waals surface area contributed by atoms with Crippen molar-refractivity contribution in [2.75, 3.05) is 39.4 Å². The summed E-state index contributed by atoms with van der Waals surface area (Å²) in [6.45, 7) is 4.28. The molecule has 0 amide bonds. The molecule has 2 aliphatic heterocycles. The van der Waals surface area contributed by atoms with Crippen molar-refractivity contribution in [1.82, 2.24) is 39.5 Å². The summed E-state index contributed by atoms with van der Waals surface area (Å²) in [5, 5.41) is 36.6. The van der Waals surface area contributed by atoms with Crippen LogP contribution in [-0.2, 0) is 37.4 Å². The van der Waals surface area contributed by atoms with Gasteiger partial charge in [0.05, 0.1) is 37.6 Å². The molecule has 1 saturated carbocycles. The van der Waals surface area contributed by atoms with Crippen molar-refractivity contribution in [2.45, 2.75) is 81.0 Å². The Morgan fingerprint density at radius 1 is 0.864 bits per heavy atom. The van der Waals surface area contributed by atoms with E-state index in [1.807, 2.05) is 23.1 Å². The summed E-state index contributed by atoms with van der Waals surface area (Å²) in [5.41, 5.74) is 1.60. The summed E-state index contributed by atoms with van der Waals surface area (Å²) in [6, 6.07) is 7.35. The number of rotatable bonds is 8. The average Bonchev–Trinajstić information content (AvgIpc) is 3.90. The monoisotopic (exact) mass is 963 g/mol. The van der Waals surface area contributed by atoms with Gasteiger partial charge >= 0.3 is 42.6 Å². The van der Waals surface area contributed by atoms with E-state index in [9.17, 15) is 57.9 Å². The lowest BCUT2D eigenvalue weighted by Crippen LogP contribution is -2.65. The maximum atomic E-state index is 13.7. The second-order valence-corrected chi connectivity index (χ2v) is 14.6. The number of hydrogen-bond donors (Lipinski definition) is 4. The molecule has 17 nitrogen and oxygen atoms in total. The minimum Gasteiger partial charge on any atom is -0.475 e. The van der Waals surface area contributed by atoms with Gasteiger partial charge in [-0.05, 0) is 43.4 Å². The predicted octanol–water partition coefficient (Wildman–Crippen LogP) is 6.28. The number of alkyl halides is 12. The Morgan fingerprint density at radius 3 is 1.94 bits per heavy atom. The number of hydrogen-bond acceptors (Lipinski definition) is 12. The van der Waals surface area contributed by atoms with Crippen molar-refractivity contribution in [3.63, 3.8) is 0 Å². The van der Waals surface area contributed by atoms with Gasteiger partial charge in [0.25, 0.3) is 0 Å². The summed E-state index contributed by atoms with van der Waals surface area (Å²) in [5.74, 6) is -8.24. The number of nitrogens with zero attached hydrogens (tertiary/aromatic N) is 8. The highest BCUT2D eigenvalue weighted by Gasteiger charge is 2.48. The third-order valence-electron chi connectivity index (χ3n) is 9.94. The summed E-state index contributed by atoms with van der Waals surface area (Å²) < 4.78 is 150. The normalized spacial score (nSPS) is 19.0. The Bertz CT molecular complexity index is 2250. The molecule has 0 bridgehead atoms. The molecule has 4 N–H and O–H groups in total. The zero-order chi connectivity index (χ0) is 49.3. The quantitative estimate of drug-likeness (QED) is 0.142. The molecule has 3 fully saturated rings. The molecule has 362 valence electrons. The number of nitriles is 1. The molecule has 7 rings (SSSR count). The second-order valence-electron chi connectivity index (χ2n) is 14.6. The molecule has 1 aliphatic carbocycles. The maximum absolute atomic E-state index is 13.7. The number of carbonyl (C=O) groups is 3. The Labute approximate surface area is 363 Å². The molecule has 0 atom stereocenters. The first-order chi connectivity index (χ1) is 30.6. The van der Waals surface area contributed by atoms with Gasteiger partial charge < -0.3 is 29.8 Å². The Balaban J connectivity index is 0.000000377. The summed E-state index contributed by atoms with van der Waals surface area (Å²) in [7, 11) is 0. The first kappa shape index (κ1) is 52.3. The van der Waals surface area contributed by atoms with Crippen LogP contribution >= 0.6 is 0 Å². The van der Waals surface area contributed by atoms with E-state index >= 15 is 0 Å². The van der Waals surface area contributed by atoms with Crippen LogP contribution in [0.3, 0.4) is 0 Å². The van der Waals surface area contributed by atoms with E-state index in [-0.39, 0.29) is 12.0 Å². The van der Waals surface area contributed by atoms with Crippen molar-refractivity contribution >= 4 is 28.9 Å². The van der Waals surface area contributed by atoms with E-state index in [4.69, 9.17) is 39.2 Å². The first-order valence-corrected chi connectivity index (χ1v) is 19.0. The average molecular weight is 964 g/mol. The number of aromatic nitrogens is 6. The molecule has 2 saturated heterocycles. The number of fused-ring (bicyclic) bond motifs is 1. The molecular formula is C37H37F12N9O8. The van der Waals surface area contributed by atoms with Gasteiger partial charge in [-0.3, -0.25) is 14.5 Å². The molecular weight excluding hydrogens is 926 g/mol. The van der Waals surface area contributed by atoms with Crippen molar-refractivity contribution in [1.29, 1.82) is 5.26 Å². The summed E-state index contributed by atoms with van der Waals surface area (Å²) in [6.07, 6.45) is -9.44.